The molecule has 0 spiro atoms. The molecule has 4 heteroatoms. The molecular weight excluding hydrogens is 209 g/mol. The van der Waals surface area contributed by atoms with E-state index in [2.05, 4.69) is 0 Å². The number of likely N-dealkylation sites (N-methyl/N-ethyl adjacent to an activating group) is 1. The first kappa shape index (κ1) is 13.1. The van der Waals surface area contributed by atoms with Crippen LogP contribution in [0.5, 0.6) is 0 Å². The minimum atomic E-state index is -0.772. The second kappa shape index (κ2) is 6.58. The molecule has 2 N–H and O–H groups in total. The molecule has 0 aromatic heterocycles. The molecule has 0 bridgehead atoms. The Labute approximate surface area is 95.1 Å². The molecule has 1 aromatic carbocycles. The number of aliphatic hydroxyl groups is 2. The van der Waals surface area contributed by atoms with Gasteiger partial charge in [-0.3, -0.25) is 4.90 Å². The first-order valence-corrected chi connectivity index (χ1v) is 5.42. The van der Waals surface area contributed by atoms with Crippen LogP contribution in [0.15, 0.2) is 24.3 Å². The van der Waals surface area contributed by atoms with Gasteiger partial charge in [-0.05, 0) is 12.6 Å². The molecule has 1 atom stereocenters. The SMILES string of the molecule is CCN(Cc1ccccc1F)CC(O)CO. The maximum atomic E-state index is 13.4. The summed E-state index contributed by atoms with van der Waals surface area (Å²) in [5.41, 5.74) is 0.606. The van der Waals surface area contributed by atoms with Crippen molar-refractivity contribution in [3.8, 4) is 0 Å². The number of hydrogen-bond acceptors (Lipinski definition) is 3. The standard InChI is InChI=1S/C12H18FNO2/c1-2-14(8-11(16)9-15)7-10-5-3-4-6-12(10)13/h3-6,11,15-16H,2,7-9H2,1H3. The Kier molecular flexibility index (Phi) is 5.38. The number of benzene rings is 1. The van der Waals surface area contributed by atoms with Gasteiger partial charge in [0, 0.05) is 18.7 Å². The van der Waals surface area contributed by atoms with Gasteiger partial charge in [0.15, 0.2) is 0 Å². The third-order valence-corrected chi connectivity index (χ3v) is 2.48. The molecular formula is C12H18FNO2. The van der Waals surface area contributed by atoms with E-state index in [-0.39, 0.29) is 12.4 Å². The highest BCUT2D eigenvalue weighted by molar-refractivity contribution is 5.17. The fourth-order valence-corrected chi connectivity index (χ4v) is 1.53. The lowest BCUT2D eigenvalue weighted by Crippen LogP contribution is -2.34. The average molecular weight is 227 g/mol. The van der Waals surface area contributed by atoms with Crippen molar-refractivity contribution in [2.75, 3.05) is 19.7 Å². The Morgan fingerprint density at radius 1 is 1.38 bits per heavy atom. The van der Waals surface area contributed by atoms with Gasteiger partial charge in [0.25, 0.3) is 0 Å². The second-order valence-corrected chi connectivity index (χ2v) is 3.76. The highest BCUT2D eigenvalue weighted by Crippen LogP contribution is 2.09. The minimum absolute atomic E-state index is 0.237. The lowest BCUT2D eigenvalue weighted by molar-refractivity contribution is 0.0581. The quantitative estimate of drug-likeness (QED) is 0.762. The van der Waals surface area contributed by atoms with E-state index in [1.165, 1.54) is 6.07 Å². The molecule has 0 aliphatic carbocycles. The van der Waals surface area contributed by atoms with Crippen molar-refractivity contribution in [2.24, 2.45) is 0 Å². The Bertz CT molecular complexity index is 320. The van der Waals surface area contributed by atoms with Crippen LogP contribution in [-0.2, 0) is 6.54 Å². The Balaban J connectivity index is 2.60. The van der Waals surface area contributed by atoms with Gasteiger partial charge in [0.05, 0.1) is 12.7 Å². The van der Waals surface area contributed by atoms with Crippen LogP contribution < -0.4 is 0 Å². The number of aliphatic hydroxyl groups excluding tert-OH is 2. The molecule has 0 aliphatic heterocycles. The monoisotopic (exact) mass is 227 g/mol. The summed E-state index contributed by atoms with van der Waals surface area (Å²) >= 11 is 0. The first-order chi connectivity index (χ1) is 7.67. The molecule has 0 heterocycles. The van der Waals surface area contributed by atoms with Crippen LogP contribution >= 0.6 is 0 Å². The van der Waals surface area contributed by atoms with Gasteiger partial charge >= 0.3 is 0 Å². The number of hydrogen-bond donors (Lipinski definition) is 2. The van der Waals surface area contributed by atoms with Gasteiger partial charge in [0.2, 0.25) is 0 Å². The van der Waals surface area contributed by atoms with Crippen LogP contribution in [0.2, 0.25) is 0 Å². The van der Waals surface area contributed by atoms with Crippen LogP contribution in [0.25, 0.3) is 0 Å². The van der Waals surface area contributed by atoms with E-state index >= 15 is 0 Å². The van der Waals surface area contributed by atoms with E-state index in [9.17, 15) is 9.50 Å². The summed E-state index contributed by atoms with van der Waals surface area (Å²) < 4.78 is 13.4. The Morgan fingerprint density at radius 2 is 2.06 bits per heavy atom. The van der Waals surface area contributed by atoms with Crippen molar-refractivity contribution in [1.82, 2.24) is 4.90 Å². The highest BCUT2D eigenvalue weighted by Gasteiger charge is 2.11. The van der Waals surface area contributed by atoms with E-state index in [0.29, 0.717) is 25.2 Å². The van der Waals surface area contributed by atoms with Crippen LogP contribution in [0, 0.1) is 5.82 Å². The second-order valence-electron chi connectivity index (χ2n) is 3.76. The molecule has 1 aromatic rings. The lowest BCUT2D eigenvalue weighted by Gasteiger charge is -2.22. The molecule has 0 saturated heterocycles. The van der Waals surface area contributed by atoms with Gasteiger partial charge in [-0.1, -0.05) is 25.1 Å². The average Bonchev–Trinajstić information content (AvgIpc) is 2.30. The van der Waals surface area contributed by atoms with Gasteiger partial charge in [-0.2, -0.15) is 0 Å². The molecule has 1 rings (SSSR count). The summed E-state index contributed by atoms with van der Waals surface area (Å²) in [6.45, 7) is 3.16. The summed E-state index contributed by atoms with van der Waals surface area (Å²) in [6, 6.07) is 6.58. The van der Waals surface area contributed by atoms with Gasteiger partial charge in [0.1, 0.15) is 5.82 Å². The van der Waals surface area contributed by atoms with Crippen molar-refractivity contribution in [3.63, 3.8) is 0 Å². The molecule has 0 aliphatic rings. The minimum Gasteiger partial charge on any atom is -0.394 e. The lowest BCUT2D eigenvalue weighted by atomic mass is 10.2. The van der Waals surface area contributed by atoms with Crippen LogP contribution in [0.1, 0.15) is 12.5 Å². The molecule has 16 heavy (non-hydrogen) atoms. The van der Waals surface area contributed by atoms with Crippen LogP contribution in [-0.4, -0.2) is 40.9 Å². The van der Waals surface area contributed by atoms with Crippen molar-refractivity contribution in [1.29, 1.82) is 0 Å². The Hall–Kier alpha value is -0.970. The fraction of sp³-hybridized carbons (Fsp3) is 0.500. The normalized spacial score (nSPS) is 13.1. The summed E-state index contributed by atoms with van der Waals surface area (Å²) in [6.07, 6.45) is -0.772. The number of halogens is 1. The zero-order valence-corrected chi connectivity index (χ0v) is 9.43. The predicted octanol–water partition coefficient (Wildman–Crippen LogP) is 1.00. The molecule has 1 unspecified atom stereocenters. The van der Waals surface area contributed by atoms with E-state index in [1.54, 1.807) is 18.2 Å². The van der Waals surface area contributed by atoms with Gasteiger partial charge in [-0.15, -0.1) is 0 Å². The zero-order valence-electron chi connectivity index (χ0n) is 9.43. The van der Waals surface area contributed by atoms with Crippen LogP contribution in [0.4, 0.5) is 4.39 Å². The van der Waals surface area contributed by atoms with E-state index < -0.39 is 6.10 Å². The molecule has 0 fully saturated rings. The molecule has 0 amide bonds. The molecule has 0 radical (unpaired) electrons. The van der Waals surface area contributed by atoms with Crippen molar-refractivity contribution >= 4 is 0 Å². The topological polar surface area (TPSA) is 43.7 Å². The smallest absolute Gasteiger partial charge is 0.127 e. The summed E-state index contributed by atoms with van der Waals surface area (Å²) in [5, 5.41) is 18.1. The zero-order chi connectivity index (χ0) is 12.0. The third-order valence-electron chi connectivity index (χ3n) is 2.48. The number of rotatable bonds is 6. The molecule has 3 nitrogen and oxygen atoms in total. The Morgan fingerprint density at radius 3 is 2.62 bits per heavy atom. The van der Waals surface area contributed by atoms with E-state index in [1.807, 2.05) is 11.8 Å². The third kappa shape index (κ3) is 3.89. The summed E-state index contributed by atoms with van der Waals surface area (Å²) in [4.78, 5) is 1.89. The predicted molar refractivity (Wildman–Crippen MR) is 60.4 cm³/mol. The van der Waals surface area contributed by atoms with Crippen LogP contribution in [0.3, 0.4) is 0 Å². The van der Waals surface area contributed by atoms with Crippen molar-refractivity contribution in [3.05, 3.63) is 35.6 Å². The van der Waals surface area contributed by atoms with Crippen molar-refractivity contribution < 1.29 is 14.6 Å². The van der Waals surface area contributed by atoms with E-state index in [4.69, 9.17) is 5.11 Å². The highest BCUT2D eigenvalue weighted by atomic mass is 19.1. The summed E-state index contributed by atoms with van der Waals surface area (Å²) in [7, 11) is 0. The van der Waals surface area contributed by atoms with Gasteiger partial charge < -0.3 is 10.2 Å². The first-order valence-electron chi connectivity index (χ1n) is 5.42. The van der Waals surface area contributed by atoms with Crippen molar-refractivity contribution in [2.45, 2.75) is 19.6 Å². The fourth-order valence-electron chi connectivity index (χ4n) is 1.53. The number of nitrogens with zero attached hydrogens (tertiary/aromatic N) is 1. The maximum Gasteiger partial charge on any atom is 0.127 e. The van der Waals surface area contributed by atoms with E-state index in [0.717, 1.165) is 0 Å². The summed E-state index contributed by atoms with van der Waals surface area (Å²) in [5.74, 6) is -0.237. The largest absolute Gasteiger partial charge is 0.394 e. The molecule has 90 valence electrons. The van der Waals surface area contributed by atoms with Gasteiger partial charge in [-0.25, -0.2) is 4.39 Å². The maximum absolute atomic E-state index is 13.4. The molecule has 0 saturated carbocycles.